The Morgan fingerprint density at radius 3 is 2.85 bits per heavy atom. The van der Waals surface area contributed by atoms with Gasteiger partial charge in [0.25, 0.3) is 0 Å². The first-order valence-corrected chi connectivity index (χ1v) is 8.45. The molecule has 27 heavy (non-hydrogen) atoms. The van der Waals surface area contributed by atoms with Gasteiger partial charge in [-0.2, -0.15) is 5.26 Å². The molecule has 3 heterocycles. The van der Waals surface area contributed by atoms with Crippen molar-refractivity contribution in [3.8, 4) is 17.3 Å². The normalized spacial score (nSPS) is 18.1. The van der Waals surface area contributed by atoms with Crippen molar-refractivity contribution in [2.75, 3.05) is 16.8 Å². The highest BCUT2D eigenvalue weighted by Crippen LogP contribution is 2.38. The van der Waals surface area contributed by atoms with Crippen LogP contribution >= 0.6 is 0 Å². The maximum atomic E-state index is 12.2. The van der Waals surface area contributed by atoms with Gasteiger partial charge in [-0.1, -0.05) is 0 Å². The lowest BCUT2D eigenvalue weighted by Gasteiger charge is -2.11. The number of nitrogens with zero attached hydrogens (tertiary/aromatic N) is 4. The number of anilines is 3. The summed E-state index contributed by atoms with van der Waals surface area (Å²) >= 11 is 0. The van der Waals surface area contributed by atoms with Gasteiger partial charge in [0, 0.05) is 23.3 Å². The fourth-order valence-electron chi connectivity index (χ4n) is 3.03. The van der Waals surface area contributed by atoms with E-state index in [1.54, 1.807) is 24.7 Å². The number of carbonyl (C=O) groups excluding carboxylic acids is 1. The van der Waals surface area contributed by atoms with E-state index >= 15 is 0 Å². The van der Waals surface area contributed by atoms with Gasteiger partial charge in [-0.15, -0.1) is 0 Å². The summed E-state index contributed by atoms with van der Waals surface area (Å²) in [5, 5.41) is 13.1. The van der Waals surface area contributed by atoms with Gasteiger partial charge in [-0.25, -0.2) is 9.97 Å². The Labute approximate surface area is 155 Å². The van der Waals surface area contributed by atoms with Gasteiger partial charge >= 0.3 is 0 Å². The van der Waals surface area contributed by atoms with Crippen LogP contribution in [0.25, 0.3) is 22.0 Å². The van der Waals surface area contributed by atoms with Crippen molar-refractivity contribution in [3.05, 3.63) is 36.3 Å². The molecule has 1 fully saturated rings. The average molecular weight is 359 g/mol. The van der Waals surface area contributed by atoms with Gasteiger partial charge in [0.15, 0.2) is 0 Å². The van der Waals surface area contributed by atoms with E-state index in [2.05, 4.69) is 26.3 Å². The zero-order valence-electron chi connectivity index (χ0n) is 14.6. The van der Waals surface area contributed by atoms with Crippen LogP contribution in [0.5, 0.6) is 0 Å². The van der Waals surface area contributed by atoms with E-state index in [-0.39, 0.29) is 17.7 Å². The van der Waals surface area contributed by atoms with Crippen LogP contribution in [0.4, 0.5) is 17.3 Å². The molecular weight excluding hydrogens is 342 g/mol. The van der Waals surface area contributed by atoms with Crippen LogP contribution in [-0.2, 0) is 4.79 Å². The molecule has 1 amide bonds. The van der Waals surface area contributed by atoms with E-state index in [1.165, 1.54) is 0 Å². The molecule has 0 unspecified atom stereocenters. The number of rotatable bonds is 3. The lowest BCUT2D eigenvalue weighted by atomic mass is 10.0. The summed E-state index contributed by atoms with van der Waals surface area (Å²) in [5.41, 5.74) is 14.9. The second kappa shape index (κ2) is 6.21. The Morgan fingerprint density at radius 1 is 1.30 bits per heavy atom. The molecule has 4 rings (SSSR count). The third-order valence-corrected chi connectivity index (χ3v) is 4.82. The SMILES string of the molecule is Cc1c(N)cncc1-c1cc2cc(NC(=O)[C@@H]3C[C@H]3C#N)ncc2c(N)n1. The molecule has 134 valence electrons. The van der Waals surface area contributed by atoms with Crippen LogP contribution in [0, 0.1) is 30.1 Å². The van der Waals surface area contributed by atoms with Crippen LogP contribution in [-0.4, -0.2) is 20.9 Å². The molecule has 0 aromatic carbocycles. The first-order chi connectivity index (χ1) is 13.0. The summed E-state index contributed by atoms with van der Waals surface area (Å²) < 4.78 is 0. The highest BCUT2D eigenvalue weighted by molar-refractivity contribution is 5.98. The van der Waals surface area contributed by atoms with Crippen molar-refractivity contribution in [2.45, 2.75) is 13.3 Å². The minimum atomic E-state index is -0.258. The summed E-state index contributed by atoms with van der Waals surface area (Å²) in [7, 11) is 0. The number of hydrogen-bond donors (Lipinski definition) is 3. The number of pyridine rings is 3. The average Bonchev–Trinajstić information content (AvgIpc) is 3.44. The summed E-state index contributed by atoms with van der Waals surface area (Å²) in [6.07, 6.45) is 5.46. The number of nitrogen functional groups attached to an aromatic ring is 2. The fraction of sp³-hybridized carbons (Fsp3) is 0.211. The van der Waals surface area contributed by atoms with Crippen molar-refractivity contribution in [2.24, 2.45) is 11.8 Å². The molecule has 8 heteroatoms. The Balaban J connectivity index is 1.71. The summed E-state index contributed by atoms with van der Waals surface area (Å²) in [5.74, 6) is 0.102. The molecule has 3 aromatic rings. The number of aromatic nitrogens is 3. The van der Waals surface area contributed by atoms with Gasteiger partial charge in [0.2, 0.25) is 5.91 Å². The molecule has 8 nitrogen and oxygen atoms in total. The zero-order valence-corrected chi connectivity index (χ0v) is 14.6. The molecular formula is C19H17N7O. The van der Waals surface area contributed by atoms with Crippen molar-refractivity contribution < 1.29 is 4.79 Å². The molecule has 1 aliphatic rings. The maximum absolute atomic E-state index is 12.2. The zero-order chi connectivity index (χ0) is 19.1. The van der Waals surface area contributed by atoms with Gasteiger partial charge in [0.05, 0.1) is 35.5 Å². The summed E-state index contributed by atoms with van der Waals surface area (Å²) in [6.45, 7) is 1.90. The van der Waals surface area contributed by atoms with Crippen LogP contribution in [0.15, 0.2) is 30.7 Å². The minimum absolute atomic E-state index is 0.188. The molecule has 0 saturated heterocycles. The monoisotopic (exact) mass is 359 g/mol. The maximum Gasteiger partial charge on any atom is 0.230 e. The van der Waals surface area contributed by atoms with Crippen molar-refractivity contribution >= 4 is 34.0 Å². The van der Waals surface area contributed by atoms with Crippen LogP contribution in [0.2, 0.25) is 0 Å². The van der Waals surface area contributed by atoms with Gasteiger partial charge in [-0.05, 0) is 36.4 Å². The predicted octanol–water partition coefficient (Wildman–Crippen LogP) is 2.26. The van der Waals surface area contributed by atoms with Crippen LogP contribution < -0.4 is 16.8 Å². The molecule has 0 aliphatic heterocycles. The van der Waals surface area contributed by atoms with Crippen LogP contribution in [0.3, 0.4) is 0 Å². The Morgan fingerprint density at radius 2 is 2.11 bits per heavy atom. The highest BCUT2D eigenvalue weighted by atomic mass is 16.2. The first kappa shape index (κ1) is 16.7. The van der Waals surface area contributed by atoms with Crippen LogP contribution in [0.1, 0.15) is 12.0 Å². The number of hydrogen-bond acceptors (Lipinski definition) is 7. The number of carbonyl (C=O) groups is 1. The fourth-order valence-corrected chi connectivity index (χ4v) is 3.03. The second-order valence-electron chi connectivity index (χ2n) is 6.65. The topological polar surface area (TPSA) is 144 Å². The van der Waals surface area contributed by atoms with E-state index in [1.807, 2.05) is 13.0 Å². The van der Waals surface area contributed by atoms with Gasteiger partial charge in [-0.3, -0.25) is 9.78 Å². The quantitative estimate of drug-likeness (QED) is 0.650. The first-order valence-electron chi connectivity index (χ1n) is 8.45. The van der Waals surface area contributed by atoms with Gasteiger partial charge in [0.1, 0.15) is 11.6 Å². The van der Waals surface area contributed by atoms with Crippen molar-refractivity contribution in [1.29, 1.82) is 5.26 Å². The molecule has 0 spiro atoms. The number of nitrogens with two attached hydrogens (primary N) is 2. The summed E-state index contributed by atoms with van der Waals surface area (Å²) in [4.78, 5) is 25.0. The molecule has 1 aliphatic carbocycles. The minimum Gasteiger partial charge on any atom is -0.397 e. The Bertz CT molecular complexity index is 1120. The number of nitrogens with one attached hydrogen (secondary N) is 1. The molecule has 1 saturated carbocycles. The third-order valence-electron chi connectivity index (χ3n) is 4.82. The van der Waals surface area contributed by atoms with E-state index in [9.17, 15) is 4.79 Å². The smallest absolute Gasteiger partial charge is 0.230 e. The molecule has 0 bridgehead atoms. The summed E-state index contributed by atoms with van der Waals surface area (Å²) in [6, 6.07) is 5.71. The molecule has 0 radical (unpaired) electrons. The van der Waals surface area contributed by atoms with Crippen molar-refractivity contribution in [1.82, 2.24) is 15.0 Å². The largest absolute Gasteiger partial charge is 0.397 e. The van der Waals surface area contributed by atoms with Gasteiger partial charge < -0.3 is 16.8 Å². The number of amides is 1. The standard InChI is InChI=1S/C19H17N7O/c1-9-13(6-23-8-15(9)21)16-3-10-4-17(24-7-14(10)18(22)25-16)26-19(27)12-2-11(12)5-20/h3-4,6-8,11-12H,2,21H2,1H3,(H2,22,25)(H,24,26,27)/t11-,12+/m0/s1. The lowest BCUT2D eigenvalue weighted by Crippen LogP contribution is -2.15. The Kier molecular flexibility index (Phi) is 3.85. The third kappa shape index (κ3) is 3.00. The number of fused-ring (bicyclic) bond motifs is 1. The van der Waals surface area contributed by atoms with E-state index < -0.39 is 0 Å². The van der Waals surface area contributed by atoms with E-state index in [4.69, 9.17) is 16.7 Å². The van der Waals surface area contributed by atoms with E-state index in [0.29, 0.717) is 34.8 Å². The Hall–Kier alpha value is -3.73. The van der Waals surface area contributed by atoms with E-state index in [0.717, 1.165) is 16.5 Å². The molecule has 2 atom stereocenters. The molecule has 5 N–H and O–H groups in total. The molecule has 3 aromatic heterocycles. The second-order valence-corrected chi connectivity index (χ2v) is 6.65. The van der Waals surface area contributed by atoms with Crippen molar-refractivity contribution in [3.63, 3.8) is 0 Å². The number of nitriles is 1. The lowest BCUT2D eigenvalue weighted by molar-refractivity contribution is -0.117. The predicted molar refractivity (Wildman–Crippen MR) is 102 cm³/mol. The highest BCUT2D eigenvalue weighted by Gasteiger charge is 2.43.